The van der Waals surface area contributed by atoms with Gasteiger partial charge in [-0.05, 0) is 19.4 Å². The molecule has 0 spiro atoms. The Morgan fingerprint density at radius 1 is 0.476 bits per heavy atom. The van der Waals surface area contributed by atoms with E-state index < -0.39 is 0 Å². The van der Waals surface area contributed by atoms with E-state index in [9.17, 15) is 5.11 Å². The van der Waals surface area contributed by atoms with Crippen LogP contribution in [0.5, 0.6) is 0 Å². The average Bonchev–Trinajstić information content (AvgIpc) is 3.34. The van der Waals surface area contributed by atoms with Crippen molar-refractivity contribution in [2.45, 2.75) is 206 Å². The maximum absolute atomic E-state index is 9.79. The number of aliphatic hydroxyl groups is 1. The van der Waals surface area contributed by atoms with E-state index in [0.29, 0.717) is 0 Å². The van der Waals surface area contributed by atoms with Crippen LogP contribution in [0, 0.1) is 0 Å². The van der Waals surface area contributed by atoms with Crippen LogP contribution in [0.3, 0.4) is 0 Å². The number of aliphatic hydroxyl groups excluding tert-OH is 1. The van der Waals surface area contributed by atoms with Gasteiger partial charge >= 0.3 is 0 Å². The first kappa shape index (κ1) is 39.9. The first-order valence-electron chi connectivity index (χ1n) is 19.5. The molecule has 1 aliphatic heterocycles. The van der Waals surface area contributed by atoms with Crippen molar-refractivity contribution in [3.63, 3.8) is 0 Å². The predicted molar refractivity (Wildman–Crippen MR) is 185 cm³/mol. The largest absolute Gasteiger partial charge is 0.395 e. The van der Waals surface area contributed by atoms with Crippen molar-refractivity contribution in [3.05, 3.63) is 0 Å². The standard InChI is InChI=1S/C38H78N2O2/c1-4-7-9-11-13-15-17-19-21-23-25-27-29-31-37-42-38(39(6-3)33-34-40(38)35-36-41)32-30-28-26-24-22-20-18-16-14-12-10-8-5-2/h41H,4-37H2,1-3H3. The maximum atomic E-state index is 9.79. The minimum Gasteiger partial charge on any atom is -0.395 e. The molecule has 0 aromatic heterocycles. The topological polar surface area (TPSA) is 35.9 Å². The summed E-state index contributed by atoms with van der Waals surface area (Å²) in [6, 6.07) is 0. The van der Waals surface area contributed by atoms with Crippen LogP contribution in [0.4, 0.5) is 0 Å². The number of ether oxygens (including phenoxy) is 1. The Bertz CT molecular complexity index is 545. The SMILES string of the molecule is CCCCCCCCCCCCCCCCOC1(CCCCCCCCCCCCCCC)N(CC)CCN1CCO. The summed E-state index contributed by atoms with van der Waals surface area (Å²) < 4.78 is 6.81. The normalized spacial score (nSPS) is 18.0. The Balaban J connectivity index is 2.20. The number of nitrogens with zero attached hydrogens (tertiary/aromatic N) is 2. The van der Waals surface area contributed by atoms with Gasteiger partial charge in [0.25, 0.3) is 0 Å². The zero-order valence-electron chi connectivity index (χ0n) is 29.3. The van der Waals surface area contributed by atoms with E-state index >= 15 is 0 Å². The van der Waals surface area contributed by atoms with Gasteiger partial charge in [-0.3, -0.25) is 9.80 Å². The zero-order chi connectivity index (χ0) is 30.4. The van der Waals surface area contributed by atoms with Crippen LogP contribution in [-0.4, -0.2) is 60.1 Å². The minimum atomic E-state index is -0.286. The fourth-order valence-corrected chi connectivity index (χ4v) is 7.08. The third kappa shape index (κ3) is 19.3. The van der Waals surface area contributed by atoms with E-state index in [2.05, 4.69) is 30.6 Å². The quantitative estimate of drug-likeness (QED) is 0.0767. The zero-order valence-corrected chi connectivity index (χ0v) is 29.3. The van der Waals surface area contributed by atoms with Gasteiger partial charge in [0.05, 0.1) is 13.2 Å². The highest BCUT2D eigenvalue weighted by molar-refractivity contribution is 4.89. The molecule has 1 rings (SSSR count). The van der Waals surface area contributed by atoms with E-state index in [4.69, 9.17) is 4.74 Å². The smallest absolute Gasteiger partial charge is 0.179 e. The van der Waals surface area contributed by atoms with E-state index in [1.54, 1.807) is 0 Å². The molecular weight excluding hydrogens is 516 g/mol. The van der Waals surface area contributed by atoms with Crippen molar-refractivity contribution in [2.75, 3.05) is 39.4 Å². The fourth-order valence-electron chi connectivity index (χ4n) is 7.08. The summed E-state index contributed by atoms with van der Waals surface area (Å²) in [6.07, 6.45) is 38.6. The summed E-state index contributed by atoms with van der Waals surface area (Å²) in [6.45, 7) is 11.8. The Morgan fingerprint density at radius 2 is 0.833 bits per heavy atom. The molecule has 1 saturated heterocycles. The van der Waals surface area contributed by atoms with Crippen molar-refractivity contribution < 1.29 is 9.84 Å². The third-order valence-corrected chi connectivity index (χ3v) is 9.82. The van der Waals surface area contributed by atoms with Crippen molar-refractivity contribution in [1.29, 1.82) is 0 Å². The highest BCUT2D eigenvalue weighted by Crippen LogP contribution is 2.34. The number of unbranched alkanes of at least 4 members (excludes halogenated alkanes) is 25. The van der Waals surface area contributed by atoms with Gasteiger partial charge in [0.2, 0.25) is 0 Å². The third-order valence-electron chi connectivity index (χ3n) is 9.82. The molecule has 0 aliphatic carbocycles. The molecule has 1 fully saturated rings. The van der Waals surface area contributed by atoms with E-state index in [1.165, 1.54) is 173 Å². The highest BCUT2D eigenvalue weighted by Gasteiger charge is 2.46. The van der Waals surface area contributed by atoms with Gasteiger partial charge in [0, 0.05) is 26.1 Å². The van der Waals surface area contributed by atoms with Crippen LogP contribution in [0.2, 0.25) is 0 Å². The van der Waals surface area contributed by atoms with Crippen molar-refractivity contribution in [1.82, 2.24) is 9.80 Å². The second-order valence-corrected chi connectivity index (χ2v) is 13.5. The van der Waals surface area contributed by atoms with Crippen molar-refractivity contribution in [3.8, 4) is 0 Å². The van der Waals surface area contributed by atoms with Crippen LogP contribution in [0.25, 0.3) is 0 Å². The van der Waals surface area contributed by atoms with Gasteiger partial charge in [0.1, 0.15) is 0 Å². The van der Waals surface area contributed by atoms with Gasteiger partial charge in [-0.1, -0.05) is 181 Å². The number of rotatable bonds is 33. The summed E-state index contributed by atoms with van der Waals surface area (Å²) in [7, 11) is 0. The van der Waals surface area contributed by atoms with Crippen molar-refractivity contribution in [2.24, 2.45) is 0 Å². The monoisotopic (exact) mass is 595 g/mol. The number of β-amino-alcohol motifs (C(OH)–C–C–N with tert-alkyl or cyclic N) is 1. The molecule has 0 amide bonds. The highest BCUT2D eigenvalue weighted by atomic mass is 16.5. The summed E-state index contributed by atoms with van der Waals surface area (Å²) in [5.74, 6) is -0.286. The number of hydrogen-bond donors (Lipinski definition) is 1. The Kier molecular flexibility index (Phi) is 28.0. The second kappa shape index (κ2) is 29.5. The van der Waals surface area contributed by atoms with E-state index in [1.807, 2.05) is 0 Å². The van der Waals surface area contributed by atoms with Gasteiger partial charge in [-0.2, -0.15) is 0 Å². The molecule has 252 valence electrons. The van der Waals surface area contributed by atoms with Crippen LogP contribution < -0.4 is 0 Å². The van der Waals surface area contributed by atoms with E-state index in [-0.39, 0.29) is 12.5 Å². The van der Waals surface area contributed by atoms with Gasteiger partial charge in [-0.25, -0.2) is 0 Å². The second-order valence-electron chi connectivity index (χ2n) is 13.5. The van der Waals surface area contributed by atoms with Crippen molar-refractivity contribution >= 4 is 0 Å². The molecule has 1 N–H and O–H groups in total. The lowest BCUT2D eigenvalue weighted by Gasteiger charge is -2.43. The maximum Gasteiger partial charge on any atom is 0.179 e. The molecule has 0 aromatic rings. The first-order chi connectivity index (χ1) is 20.7. The molecule has 1 atom stereocenters. The summed E-state index contributed by atoms with van der Waals surface area (Å²) in [5, 5.41) is 9.79. The van der Waals surface area contributed by atoms with E-state index in [0.717, 1.165) is 39.2 Å². The van der Waals surface area contributed by atoms with Crippen LogP contribution in [-0.2, 0) is 4.74 Å². The Morgan fingerprint density at radius 3 is 1.21 bits per heavy atom. The van der Waals surface area contributed by atoms with Gasteiger partial charge < -0.3 is 9.84 Å². The minimum absolute atomic E-state index is 0.222. The first-order valence-corrected chi connectivity index (χ1v) is 19.5. The molecule has 4 heteroatoms. The number of hydrogen-bond acceptors (Lipinski definition) is 4. The lowest BCUT2D eigenvalue weighted by molar-refractivity contribution is -0.219. The van der Waals surface area contributed by atoms with Crippen LogP contribution in [0.15, 0.2) is 0 Å². The molecule has 0 aromatic carbocycles. The average molecular weight is 595 g/mol. The molecule has 4 nitrogen and oxygen atoms in total. The molecule has 0 bridgehead atoms. The van der Waals surface area contributed by atoms with Crippen LogP contribution in [0.1, 0.15) is 201 Å². The Hall–Kier alpha value is -0.160. The molecular formula is C38H78N2O2. The van der Waals surface area contributed by atoms with Gasteiger partial charge in [-0.15, -0.1) is 0 Å². The molecule has 1 unspecified atom stereocenters. The predicted octanol–water partition coefficient (Wildman–Crippen LogP) is 11.2. The molecule has 0 radical (unpaired) electrons. The van der Waals surface area contributed by atoms with Gasteiger partial charge in [0.15, 0.2) is 5.85 Å². The molecule has 1 heterocycles. The van der Waals surface area contributed by atoms with Crippen LogP contribution >= 0.6 is 0 Å². The lowest BCUT2D eigenvalue weighted by Crippen LogP contribution is -2.56. The summed E-state index contributed by atoms with van der Waals surface area (Å²) in [4.78, 5) is 4.99. The lowest BCUT2D eigenvalue weighted by atomic mass is 10.0. The number of likely N-dealkylation sites (N-methyl/N-ethyl adjacent to an activating group) is 1. The molecule has 0 saturated carbocycles. The fraction of sp³-hybridized carbons (Fsp3) is 1.00. The molecule has 42 heavy (non-hydrogen) atoms. The molecule has 1 aliphatic rings. The summed E-state index contributed by atoms with van der Waals surface area (Å²) >= 11 is 0. The Labute approximate surface area is 265 Å². The summed E-state index contributed by atoms with van der Waals surface area (Å²) in [5.41, 5.74) is 0.